The molecule has 1 aliphatic carbocycles. The molecule has 1 aliphatic rings. The monoisotopic (exact) mass is 313 g/mol. The zero-order valence-electron chi connectivity index (χ0n) is 12.0. The maximum absolute atomic E-state index is 12.1. The minimum atomic E-state index is -3.62. The van der Waals surface area contributed by atoms with E-state index in [1.807, 2.05) is 0 Å². The number of carboxylic acid groups (broad SMARTS) is 1. The first-order valence-corrected chi connectivity index (χ1v) is 8.15. The summed E-state index contributed by atoms with van der Waals surface area (Å²) in [6.07, 6.45) is 1.19. The highest BCUT2D eigenvalue weighted by atomic mass is 32.2. The van der Waals surface area contributed by atoms with Gasteiger partial charge in [0.2, 0.25) is 10.0 Å². The minimum Gasteiger partial charge on any atom is -0.481 e. The second-order valence-electron chi connectivity index (χ2n) is 5.39. The van der Waals surface area contributed by atoms with Crippen LogP contribution < -0.4 is 4.72 Å². The van der Waals surface area contributed by atoms with Gasteiger partial charge in [-0.05, 0) is 37.5 Å². The van der Waals surface area contributed by atoms with Crippen molar-refractivity contribution in [3.05, 3.63) is 29.8 Å². The smallest absolute Gasteiger partial charge is 0.314 e. The molecule has 0 spiro atoms. The first kappa shape index (κ1) is 15.9. The van der Waals surface area contributed by atoms with Crippen molar-refractivity contribution in [1.29, 1.82) is 0 Å². The van der Waals surface area contributed by atoms with Crippen molar-refractivity contribution in [2.75, 3.05) is 13.7 Å². The molecule has 116 valence electrons. The summed E-state index contributed by atoms with van der Waals surface area (Å²) < 4.78 is 31.7. The fourth-order valence-electron chi connectivity index (χ4n) is 2.32. The summed E-state index contributed by atoms with van der Waals surface area (Å²) in [4.78, 5) is 11.4. The van der Waals surface area contributed by atoms with Gasteiger partial charge in [-0.3, -0.25) is 4.79 Å². The van der Waals surface area contributed by atoms with E-state index in [-0.39, 0.29) is 17.5 Å². The van der Waals surface area contributed by atoms with Gasteiger partial charge in [-0.15, -0.1) is 0 Å². The number of carboxylic acids is 1. The quantitative estimate of drug-likeness (QED) is 0.787. The van der Waals surface area contributed by atoms with Crippen LogP contribution >= 0.6 is 0 Å². The molecular weight excluding hydrogens is 294 g/mol. The van der Waals surface area contributed by atoms with E-state index in [4.69, 9.17) is 4.74 Å². The molecule has 0 bridgehead atoms. The Morgan fingerprint density at radius 2 is 1.95 bits per heavy atom. The van der Waals surface area contributed by atoms with Crippen molar-refractivity contribution in [2.24, 2.45) is 0 Å². The Kier molecular flexibility index (Phi) is 4.36. The SMILES string of the molecule is COCC(C)NS(=O)(=O)c1ccc(C2(C(=O)O)CC2)cc1. The summed E-state index contributed by atoms with van der Waals surface area (Å²) in [7, 11) is -2.12. The number of ether oxygens (including phenoxy) is 1. The largest absolute Gasteiger partial charge is 0.481 e. The van der Waals surface area contributed by atoms with Crippen LogP contribution in [-0.2, 0) is 25.0 Å². The molecule has 0 heterocycles. The lowest BCUT2D eigenvalue weighted by Crippen LogP contribution is -2.35. The van der Waals surface area contributed by atoms with Crippen LogP contribution in [0.25, 0.3) is 0 Å². The fourth-order valence-corrected chi connectivity index (χ4v) is 3.55. The second-order valence-corrected chi connectivity index (χ2v) is 7.10. The average Bonchev–Trinajstić information content (AvgIpc) is 3.20. The summed E-state index contributed by atoms with van der Waals surface area (Å²) >= 11 is 0. The van der Waals surface area contributed by atoms with Crippen molar-refractivity contribution in [2.45, 2.75) is 36.1 Å². The van der Waals surface area contributed by atoms with Gasteiger partial charge >= 0.3 is 5.97 Å². The molecule has 2 rings (SSSR count). The molecule has 2 N–H and O–H groups in total. The Bertz CT molecular complexity index is 619. The second kappa shape index (κ2) is 5.75. The molecule has 1 atom stereocenters. The Morgan fingerprint density at radius 1 is 1.38 bits per heavy atom. The number of hydrogen-bond donors (Lipinski definition) is 2. The number of hydrogen-bond acceptors (Lipinski definition) is 4. The lowest BCUT2D eigenvalue weighted by Gasteiger charge is -2.14. The van der Waals surface area contributed by atoms with E-state index in [1.54, 1.807) is 19.1 Å². The summed E-state index contributed by atoms with van der Waals surface area (Å²) in [5, 5.41) is 9.22. The third-order valence-electron chi connectivity index (χ3n) is 3.65. The zero-order valence-corrected chi connectivity index (χ0v) is 12.8. The van der Waals surface area contributed by atoms with E-state index >= 15 is 0 Å². The van der Waals surface area contributed by atoms with E-state index in [2.05, 4.69) is 4.72 Å². The highest BCUT2D eigenvalue weighted by molar-refractivity contribution is 7.89. The van der Waals surface area contributed by atoms with Crippen molar-refractivity contribution in [1.82, 2.24) is 4.72 Å². The molecular formula is C14H19NO5S. The summed E-state index contributed by atoms with van der Waals surface area (Å²) in [5.74, 6) is -0.857. The topological polar surface area (TPSA) is 92.7 Å². The van der Waals surface area contributed by atoms with Crippen LogP contribution in [0.4, 0.5) is 0 Å². The minimum absolute atomic E-state index is 0.121. The Balaban J connectivity index is 2.17. The van der Waals surface area contributed by atoms with Gasteiger partial charge in [0.05, 0.1) is 16.9 Å². The predicted molar refractivity (Wildman–Crippen MR) is 76.6 cm³/mol. The number of carbonyl (C=O) groups is 1. The Morgan fingerprint density at radius 3 is 2.38 bits per heavy atom. The first-order valence-electron chi connectivity index (χ1n) is 6.67. The molecule has 0 saturated heterocycles. The highest BCUT2D eigenvalue weighted by Gasteiger charge is 2.51. The van der Waals surface area contributed by atoms with Crippen LogP contribution in [0.1, 0.15) is 25.3 Å². The van der Waals surface area contributed by atoms with E-state index in [9.17, 15) is 18.3 Å². The number of methoxy groups -OCH3 is 1. The highest BCUT2D eigenvalue weighted by Crippen LogP contribution is 2.48. The van der Waals surface area contributed by atoms with Crippen molar-refractivity contribution in [3.63, 3.8) is 0 Å². The van der Waals surface area contributed by atoms with Crippen molar-refractivity contribution >= 4 is 16.0 Å². The van der Waals surface area contributed by atoms with Gasteiger partial charge in [0, 0.05) is 13.2 Å². The van der Waals surface area contributed by atoms with Crippen molar-refractivity contribution in [3.8, 4) is 0 Å². The fraction of sp³-hybridized carbons (Fsp3) is 0.500. The number of nitrogens with one attached hydrogen (secondary N) is 1. The van der Waals surface area contributed by atoms with Crippen LogP contribution in [0.2, 0.25) is 0 Å². The van der Waals surface area contributed by atoms with Gasteiger partial charge in [0.15, 0.2) is 0 Å². The van der Waals surface area contributed by atoms with E-state index < -0.39 is 21.4 Å². The van der Waals surface area contributed by atoms with Crippen LogP contribution in [0.3, 0.4) is 0 Å². The Labute approximate surface area is 124 Å². The van der Waals surface area contributed by atoms with Crippen LogP contribution in [-0.4, -0.2) is 39.3 Å². The number of benzene rings is 1. The molecule has 21 heavy (non-hydrogen) atoms. The van der Waals surface area contributed by atoms with Gasteiger partial charge in [0.25, 0.3) is 0 Å². The lowest BCUT2D eigenvalue weighted by molar-refractivity contribution is -0.140. The predicted octanol–water partition coefficient (Wildman–Crippen LogP) is 1.12. The summed E-state index contributed by atoms with van der Waals surface area (Å²) in [6, 6.07) is 5.71. The number of rotatable bonds is 7. The molecule has 0 radical (unpaired) electrons. The van der Waals surface area contributed by atoms with Crippen LogP contribution in [0.15, 0.2) is 29.2 Å². The first-order chi connectivity index (χ1) is 9.82. The maximum Gasteiger partial charge on any atom is 0.314 e. The van der Waals surface area contributed by atoms with Gasteiger partial charge in [-0.1, -0.05) is 12.1 Å². The average molecular weight is 313 g/mol. The molecule has 1 aromatic carbocycles. The van der Waals surface area contributed by atoms with Gasteiger partial charge in [-0.25, -0.2) is 13.1 Å². The molecule has 0 aliphatic heterocycles. The molecule has 0 amide bonds. The normalized spacial score (nSPS) is 18.2. The van der Waals surface area contributed by atoms with E-state index in [1.165, 1.54) is 19.2 Å². The molecule has 1 fully saturated rings. The van der Waals surface area contributed by atoms with Gasteiger partial charge < -0.3 is 9.84 Å². The number of aliphatic carboxylic acids is 1. The van der Waals surface area contributed by atoms with E-state index in [0.29, 0.717) is 18.4 Å². The standard InChI is InChI=1S/C14H19NO5S/c1-10(9-20-2)15-21(18,19)12-5-3-11(4-6-12)14(7-8-14)13(16)17/h3-6,10,15H,7-9H2,1-2H3,(H,16,17). The number of sulfonamides is 1. The summed E-state index contributed by atoms with van der Waals surface area (Å²) in [6.45, 7) is 1.98. The Hall–Kier alpha value is -1.44. The molecule has 1 unspecified atom stereocenters. The summed E-state index contributed by atoms with van der Waals surface area (Å²) in [5.41, 5.74) is -0.169. The lowest BCUT2D eigenvalue weighted by atomic mass is 9.96. The molecule has 1 aromatic rings. The van der Waals surface area contributed by atoms with Crippen molar-refractivity contribution < 1.29 is 23.1 Å². The molecule has 0 aromatic heterocycles. The van der Waals surface area contributed by atoms with E-state index in [0.717, 1.165) is 0 Å². The molecule has 7 heteroatoms. The molecule has 6 nitrogen and oxygen atoms in total. The van der Waals surface area contributed by atoms with Crippen LogP contribution in [0, 0.1) is 0 Å². The molecule has 1 saturated carbocycles. The maximum atomic E-state index is 12.1. The zero-order chi connectivity index (χ0) is 15.7. The van der Waals surface area contributed by atoms with Crippen LogP contribution in [0.5, 0.6) is 0 Å². The third kappa shape index (κ3) is 3.25. The van der Waals surface area contributed by atoms with Gasteiger partial charge in [0.1, 0.15) is 0 Å². The third-order valence-corrected chi connectivity index (χ3v) is 5.26. The van der Waals surface area contributed by atoms with Gasteiger partial charge in [-0.2, -0.15) is 0 Å².